The van der Waals surface area contributed by atoms with Crippen LogP contribution < -0.4 is 4.72 Å². The number of hydrogen-bond acceptors (Lipinski definition) is 5. The number of fused-ring (bicyclic) bond motifs is 1. The molecule has 1 unspecified atom stereocenters. The highest BCUT2D eigenvalue weighted by molar-refractivity contribution is 7.93. The number of pyridine rings is 1. The van der Waals surface area contributed by atoms with Gasteiger partial charge in [-0.3, -0.25) is 4.72 Å². The fourth-order valence-corrected chi connectivity index (χ4v) is 5.00. The van der Waals surface area contributed by atoms with E-state index in [9.17, 15) is 13.0 Å². The molecule has 2 aromatic heterocycles. The van der Waals surface area contributed by atoms with Gasteiger partial charge in [0, 0.05) is 34.4 Å². The average Bonchev–Trinajstić information content (AvgIpc) is 3.14. The van der Waals surface area contributed by atoms with Crippen molar-refractivity contribution in [3.63, 3.8) is 0 Å². The molecule has 142 valence electrons. The van der Waals surface area contributed by atoms with Gasteiger partial charge in [-0.2, -0.15) is 8.42 Å². The molecule has 1 atom stereocenters. The van der Waals surface area contributed by atoms with Crippen molar-refractivity contribution in [2.75, 3.05) is 4.72 Å². The third-order valence-electron chi connectivity index (χ3n) is 4.04. The Morgan fingerprint density at radius 1 is 1.00 bits per heavy atom. The standard InChI is InChI=1S/C20H16N2O4S2/c23-27(14-15-7-2-1-3-8-15)20-17(10-6-12-21-20)22-28(24,25)19-13-16-9-4-5-11-18(16)26-19/h1-13,22H,14H2. The zero-order valence-corrected chi connectivity index (χ0v) is 16.2. The first-order chi connectivity index (χ1) is 13.5. The summed E-state index contributed by atoms with van der Waals surface area (Å²) in [6.07, 6.45) is 1.48. The van der Waals surface area contributed by atoms with E-state index in [-0.39, 0.29) is 21.6 Å². The van der Waals surface area contributed by atoms with Crippen molar-refractivity contribution < 1.29 is 17.4 Å². The number of furan rings is 1. The molecular weight excluding hydrogens is 396 g/mol. The van der Waals surface area contributed by atoms with Gasteiger partial charge in [-0.05, 0) is 18.2 Å². The third-order valence-corrected chi connectivity index (χ3v) is 6.61. The van der Waals surface area contributed by atoms with E-state index >= 15 is 0 Å². The number of aromatic nitrogens is 1. The highest BCUT2D eigenvalue weighted by atomic mass is 32.2. The molecule has 4 rings (SSSR count). The van der Waals surface area contributed by atoms with Crippen molar-refractivity contribution >= 4 is 37.9 Å². The highest BCUT2D eigenvalue weighted by Gasteiger charge is 2.25. The van der Waals surface area contributed by atoms with Crippen LogP contribution in [0.1, 0.15) is 5.56 Å². The zero-order chi connectivity index (χ0) is 19.6. The number of sulfonamides is 1. The number of para-hydroxylation sites is 1. The van der Waals surface area contributed by atoms with Crippen LogP contribution in [0.3, 0.4) is 0 Å². The Morgan fingerprint density at radius 2 is 1.75 bits per heavy atom. The van der Waals surface area contributed by atoms with Gasteiger partial charge in [0.05, 0.1) is 0 Å². The van der Waals surface area contributed by atoms with Crippen molar-refractivity contribution in [2.45, 2.75) is 15.9 Å². The van der Waals surface area contributed by atoms with Crippen LogP contribution >= 0.6 is 0 Å². The molecule has 2 heterocycles. The van der Waals surface area contributed by atoms with Crippen molar-refractivity contribution in [3.05, 3.63) is 84.6 Å². The normalized spacial score (nSPS) is 12.8. The van der Waals surface area contributed by atoms with E-state index in [4.69, 9.17) is 4.42 Å². The second-order valence-electron chi connectivity index (χ2n) is 6.04. The van der Waals surface area contributed by atoms with Crippen LogP contribution in [0, 0.1) is 0 Å². The van der Waals surface area contributed by atoms with Crippen LogP contribution in [-0.2, 0) is 27.0 Å². The van der Waals surface area contributed by atoms with Gasteiger partial charge in [0.15, 0.2) is 0 Å². The summed E-state index contributed by atoms with van der Waals surface area (Å²) < 4.78 is 46.2. The molecule has 0 radical (unpaired) electrons. The van der Waals surface area contributed by atoms with E-state index < -0.39 is 21.2 Å². The predicted octanol–water partition coefficient (Wildman–Crippen LogP) is 3.94. The topological polar surface area (TPSA) is 95.3 Å². The minimum Gasteiger partial charge on any atom is -0.610 e. The lowest BCUT2D eigenvalue weighted by atomic mass is 10.2. The van der Waals surface area contributed by atoms with E-state index in [2.05, 4.69) is 9.71 Å². The number of nitrogens with zero attached hydrogens (tertiary/aromatic N) is 1. The van der Waals surface area contributed by atoms with Crippen molar-refractivity contribution in [1.29, 1.82) is 0 Å². The van der Waals surface area contributed by atoms with E-state index in [0.717, 1.165) is 5.56 Å². The Labute approximate surface area is 165 Å². The monoisotopic (exact) mass is 412 g/mol. The first-order valence-electron chi connectivity index (χ1n) is 8.42. The summed E-state index contributed by atoms with van der Waals surface area (Å²) in [4.78, 5) is 4.14. The van der Waals surface area contributed by atoms with Crippen LogP contribution in [0.25, 0.3) is 11.0 Å². The van der Waals surface area contributed by atoms with Crippen molar-refractivity contribution in [2.24, 2.45) is 0 Å². The second-order valence-corrected chi connectivity index (χ2v) is 9.02. The van der Waals surface area contributed by atoms with Gasteiger partial charge in [0.25, 0.3) is 15.0 Å². The van der Waals surface area contributed by atoms with E-state index in [1.807, 2.05) is 30.3 Å². The summed E-state index contributed by atoms with van der Waals surface area (Å²) in [5.41, 5.74) is 1.51. The summed E-state index contributed by atoms with van der Waals surface area (Å²) in [6, 6.07) is 20.9. The molecule has 28 heavy (non-hydrogen) atoms. The smallest absolute Gasteiger partial charge is 0.295 e. The van der Waals surface area contributed by atoms with Gasteiger partial charge in [0.2, 0.25) is 5.09 Å². The third kappa shape index (κ3) is 3.89. The van der Waals surface area contributed by atoms with Gasteiger partial charge >= 0.3 is 0 Å². The molecule has 0 aliphatic rings. The van der Waals surface area contributed by atoms with Crippen LogP contribution in [0.5, 0.6) is 0 Å². The van der Waals surface area contributed by atoms with Crippen LogP contribution in [0.4, 0.5) is 5.69 Å². The maximum Gasteiger partial charge on any atom is 0.295 e. The molecule has 0 amide bonds. The molecule has 0 saturated heterocycles. The number of hydrogen-bond donors (Lipinski definition) is 1. The van der Waals surface area contributed by atoms with Crippen LogP contribution in [0.2, 0.25) is 0 Å². The van der Waals surface area contributed by atoms with Gasteiger partial charge in [-0.15, -0.1) is 0 Å². The summed E-state index contributed by atoms with van der Waals surface area (Å²) in [7, 11) is -4.00. The molecule has 0 bridgehead atoms. The van der Waals surface area contributed by atoms with Crippen molar-refractivity contribution in [1.82, 2.24) is 4.98 Å². The van der Waals surface area contributed by atoms with E-state index in [0.29, 0.717) is 11.0 Å². The lowest BCUT2D eigenvalue weighted by molar-refractivity contribution is 0.484. The Morgan fingerprint density at radius 3 is 2.54 bits per heavy atom. The molecule has 4 aromatic rings. The molecule has 2 aromatic carbocycles. The molecule has 0 fully saturated rings. The fourth-order valence-electron chi connectivity index (χ4n) is 2.73. The Hall–Kier alpha value is -2.81. The maximum absolute atomic E-state index is 12.8. The molecule has 6 nitrogen and oxygen atoms in total. The van der Waals surface area contributed by atoms with E-state index in [1.54, 1.807) is 30.3 Å². The average molecular weight is 412 g/mol. The SMILES string of the molecule is O=S(=O)(Nc1cccnc1[S+]([O-])Cc1ccccc1)c1cc2ccccc2o1. The molecule has 1 N–H and O–H groups in total. The predicted molar refractivity (Wildman–Crippen MR) is 108 cm³/mol. The minimum absolute atomic E-state index is 0.164. The largest absolute Gasteiger partial charge is 0.610 e. The quantitative estimate of drug-likeness (QED) is 0.484. The van der Waals surface area contributed by atoms with E-state index in [1.165, 1.54) is 18.3 Å². The van der Waals surface area contributed by atoms with Crippen LogP contribution in [-0.4, -0.2) is 18.0 Å². The van der Waals surface area contributed by atoms with Crippen LogP contribution in [0.15, 0.2) is 93.5 Å². The van der Waals surface area contributed by atoms with Gasteiger partial charge in [-0.25, -0.2) is 4.98 Å². The molecule has 0 spiro atoms. The Balaban J connectivity index is 1.62. The van der Waals surface area contributed by atoms with Gasteiger partial charge in [-0.1, -0.05) is 48.5 Å². The highest BCUT2D eigenvalue weighted by Crippen LogP contribution is 2.27. The molecular formula is C20H16N2O4S2. The fraction of sp³-hybridized carbons (Fsp3) is 0.0500. The number of anilines is 1. The number of rotatable bonds is 6. The molecule has 8 heteroatoms. The number of benzene rings is 2. The minimum atomic E-state index is -4.00. The van der Waals surface area contributed by atoms with Crippen molar-refractivity contribution in [3.8, 4) is 0 Å². The molecule has 0 saturated carbocycles. The molecule has 0 aliphatic heterocycles. The summed E-state index contributed by atoms with van der Waals surface area (Å²) in [5, 5.41) is 0.644. The first-order valence-corrected chi connectivity index (χ1v) is 11.2. The lowest BCUT2D eigenvalue weighted by Gasteiger charge is -2.13. The zero-order valence-electron chi connectivity index (χ0n) is 14.6. The van der Waals surface area contributed by atoms with Gasteiger partial charge < -0.3 is 8.97 Å². The first kappa shape index (κ1) is 18.5. The second kappa shape index (κ2) is 7.67. The summed E-state index contributed by atoms with van der Waals surface area (Å²) in [5.74, 6) is 0.233. The maximum atomic E-state index is 12.8. The summed E-state index contributed by atoms with van der Waals surface area (Å²) >= 11 is -1.52. The molecule has 0 aliphatic carbocycles. The van der Waals surface area contributed by atoms with Gasteiger partial charge in [0.1, 0.15) is 17.0 Å². The number of nitrogens with one attached hydrogen (secondary N) is 1. The summed E-state index contributed by atoms with van der Waals surface area (Å²) in [6.45, 7) is 0. The Bertz CT molecular complexity index is 1170. The Kier molecular flexibility index (Phi) is 5.08. The lowest BCUT2D eigenvalue weighted by Crippen LogP contribution is -2.16.